The fourth-order valence-corrected chi connectivity index (χ4v) is 2.94. The molecule has 2 fully saturated rings. The van der Waals surface area contributed by atoms with Gasteiger partial charge in [0.05, 0.1) is 19.1 Å². The molecule has 2 heterocycles. The van der Waals surface area contributed by atoms with Crippen LogP contribution in [0.2, 0.25) is 0 Å². The maximum absolute atomic E-state index is 12.2. The highest BCUT2D eigenvalue weighted by atomic mass is 16.5. The van der Waals surface area contributed by atoms with Crippen LogP contribution in [0.15, 0.2) is 0 Å². The summed E-state index contributed by atoms with van der Waals surface area (Å²) in [6.45, 7) is 8.74. The Bertz CT molecular complexity index is 254. The van der Waals surface area contributed by atoms with E-state index >= 15 is 0 Å². The number of amides is 1. The van der Waals surface area contributed by atoms with Gasteiger partial charge in [-0.3, -0.25) is 4.79 Å². The predicted octanol–water partition coefficient (Wildman–Crippen LogP) is 0.869. The SMILES string of the molecule is CC1CC(C)CN(C(=O)CC2CNCCO2)C1. The first kappa shape index (κ1) is 12.8. The van der Waals surface area contributed by atoms with Crippen molar-refractivity contribution < 1.29 is 9.53 Å². The van der Waals surface area contributed by atoms with Gasteiger partial charge in [0.25, 0.3) is 0 Å². The Labute approximate surface area is 104 Å². The topological polar surface area (TPSA) is 41.6 Å². The fraction of sp³-hybridized carbons (Fsp3) is 0.923. The molecule has 4 nitrogen and oxygen atoms in total. The minimum Gasteiger partial charge on any atom is -0.375 e. The van der Waals surface area contributed by atoms with E-state index in [-0.39, 0.29) is 12.0 Å². The number of hydrogen-bond acceptors (Lipinski definition) is 3. The van der Waals surface area contributed by atoms with Crippen molar-refractivity contribution in [3.8, 4) is 0 Å². The summed E-state index contributed by atoms with van der Waals surface area (Å²) in [5.74, 6) is 1.53. The van der Waals surface area contributed by atoms with Gasteiger partial charge >= 0.3 is 0 Å². The summed E-state index contributed by atoms with van der Waals surface area (Å²) in [4.78, 5) is 14.2. The lowest BCUT2D eigenvalue weighted by molar-refractivity contribution is -0.137. The Morgan fingerprint density at radius 1 is 1.35 bits per heavy atom. The molecule has 1 N–H and O–H groups in total. The standard InChI is InChI=1S/C13H24N2O2/c1-10-5-11(2)9-15(8-10)13(16)6-12-7-14-3-4-17-12/h10-12,14H,3-9H2,1-2H3. The number of rotatable bonds is 2. The molecule has 2 rings (SSSR count). The van der Waals surface area contributed by atoms with Gasteiger partial charge in [0.1, 0.15) is 0 Å². The minimum atomic E-state index is 0.0730. The Morgan fingerprint density at radius 2 is 2.06 bits per heavy atom. The van der Waals surface area contributed by atoms with Crippen LogP contribution in [0, 0.1) is 11.8 Å². The lowest BCUT2D eigenvalue weighted by Crippen LogP contribution is -2.46. The Kier molecular flexibility index (Phi) is 4.40. The van der Waals surface area contributed by atoms with E-state index in [1.54, 1.807) is 0 Å². The van der Waals surface area contributed by atoms with Crippen LogP contribution < -0.4 is 5.32 Å². The second-order valence-electron chi connectivity index (χ2n) is 5.65. The zero-order valence-electron chi connectivity index (χ0n) is 10.9. The molecule has 0 spiro atoms. The number of carbonyl (C=O) groups is 1. The van der Waals surface area contributed by atoms with E-state index in [0.717, 1.165) is 32.8 Å². The molecule has 4 heteroatoms. The predicted molar refractivity (Wildman–Crippen MR) is 66.8 cm³/mol. The van der Waals surface area contributed by atoms with Gasteiger partial charge < -0.3 is 15.0 Å². The summed E-state index contributed by atoms with van der Waals surface area (Å²) in [5.41, 5.74) is 0. The molecule has 98 valence electrons. The fourth-order valence-electron chi connectivity index (χ4n) is 2.94. The van der Waals surface area contributed by atoms with Crippen molar-refractivity contribution >= 4 is 5.91 Å². The number of hydrogen-bond donors (Lipinski definition) is 1. The minimum absolute atomic E-state index is 0.0730. The quantitative estimate of drug-likeness (QED) is 0.778. The molecule has 0 aromatic carbocycles. The monoisotopic (exact) mass is 240 g/mol. The molecule has 0 aromatic heterocycles. The Hall–Kier alpha value is -0.610. The largest absolute Gasteiger partial charge is 0.375 e. The molecule has 3 atom stereocenters. The number of ether oxygens (including phenoxy) is 1. The third-order valence-electron chi connectivity index (χ3n) is 3.63. The van der Waals surface area contributed by atoms with E-state index in [2.05, 4.69) is 19.2 Å². The molecular weight excluding hydrogens is 216 g/mol. The van der Waals surface area contributed by atoms with Crippen molar-refractivity contribution in [2.45, 2.75) is 32.8 Å². The highest BCUT2D eigenvalue weighted by molar-refractivity contribution is 5.76. The maximum Gasteiger partial charge on any atom is 0.225 e. The first-order valence-corrected chi connectivity index (χ1v) is 6.75. The molecule has 0 radical (unpaired) electrons. The Balaban J connectivity index is 1.81. The van der Waals surface area contributed by atoms with Crippen molar-refractivity contribution in [3.05, 3.63) is 0 Å². The van der Waals surface area contributed by atoms with Crippen LogP contribution in [0.4, 0.5) is 0 Å². The summed E-state index contributed by atoms with van der Waals surface area (Å²) in [7, 11) is 0. The van der Waals surface area contributed by atoms with Gasteiger partial charge in [0.2, 0.25) is 5.91 Å². The van der Waals surface area contributed by atoms with Gasteiger partial charge in [-0.15, -0.1) is 0 Å². The van der Waals surface area contributed by atoms with E-state index in [1.165, 1.54) is 6.42 Å². The number of piperidine rings is 1. The molecule has 1 amide bonds. The summed E-state index contributed by atoms with van der Waals surface area (Å²) in [6.07, 6.45) is 1.85. The van der Waals surface area contributed by atoms with E-state index < -0.39 is 0 Å². The van der Waals surface area contributed by atoms with Crippen LogP contribution in [0.5, 0.6) is 0 Å². The van der Waals surface area contributed by atoms with Crippen LogP contribution in [-0.2, 0) is 9.53 Å². The highest BCUT2D eigenvalue weighted by Gasteiger charge is 2.27. The summed E-state index contributed by atoms with van der Waals surface area (Å²) in [6, 6.07) is 0. The van der Waals surface area contributed by atoms with Crippen molar-refractivity contribution in [3.63, 3.8) is 0 Å². The van der Waals surface area contributed by atoms with E-state index in [4.69, 9.17) is 4.74 Å². The number of carbonyl (C=O) groups excluding carboxylic acids is 1. The third-order valence-corrected chi connectivity index (χ3v) is 3.63. The lowest BCUT2D eigenvalue weighted by Gasteiger charge is -2.36. The van der Waals surface area contributed by atoms with E-state index in [0.29, 0.717) is 18.3 Å². The van der Waals surface area contributed by atoms with Crippen LogP contribution in [0.25, 0.3) is 0 Å². The first-order chi connectivity index (χ1) is 8.15. The van der Waals surface area contributed by atoms with E-state index in [9.17, 15) is 4.79 Å². The highest BCUT2D eigenvalue weighted by Crippen LogP contribution is 2.21. The smallest absolute Gasteiger partial charge is 0.225 e. The van der Waals surface area contributed by atoms with Crippen molar-refractivity contribution in [2.75, 3.05) is 32.8 Å². The normalized spacial score (nSPS) is 34.7. The molecule has 0 aliphatic carbocycles. The number of nitrogens with zero attached hydrogens (tertiary/aromatic N) is 1. The summed E-state index contributed by atoms with van der Waals surface area (Å²) >= 11 is 0. The Morgan fingerprint density at radius 3 is 2.65 bits per heavy atom. The van der Waals surface area contributed by atoms with E-state index in [1.807, 2.05) is 4.90 Å². The van der Waals surface area contributed by atoms with Crippen LogP contribution in [0.3, 0.4) is 0 Å². The third kappa shape index (κ3) is 3.68. The van der Waals surface area contributed by atoms with Crippen molar-refractivity contribution in [2.24, 2.45) is 11.8 Å². The zero-order chi connectivity index (χ0) is 12.3. The van der Waals surface area contributed by atoms with Gasteiger partial charge in [-0.05, 0) is 18.3 Å². The molecule has 2 saturated heterocycles. The molecule has 3 unspecified atom stereocenters. The second kappa shape index (κ2) is 5.83. The summed E-state index contributed by atoms with van der Waals surface area (Å²) in [5, 5.41) is 3.26. The molecular formula is C13H24N2O2. The van der Waals surface area contributed by atoms with Crippen LogP contribution in [-0.4, -0.2) is 49.7 Å². The van der Waals surface area contributed by atoms with Crippen molar-refractivity contribution in [1.29, 1.82) is 0 Å². The number of likely N-dealkylation sites (tertiary alicyclic amines) is 1. The molecule has 0 bridgehead atoms. The average Bonchev–Trinajstić information content (AvgIpc) is 2.29. The van der Waals surface area contributed by atoms with Crippen LogP contribution >= 0.6 is 0 Å². The second-order valence-corrected chi connectivity index (χ2v) is 5.65. The lowest BCUT2D eigenvalue weighted by atomic mass is 9.91. The van der Waals surface area contributed by atoms with Gasteiger partial charge in [0, 0.05) is 26.2 Å². The number of nitrogens with one attached hydrogen (secondary N) is 1. The first-order valence-electron chi connectivity index (χ1n) is 6.75. The average molecular weight is 240 g/mol. The molecule has 2 aliphatic rings. The van der Waals surface area contributed by atoms with Crippen LogP contribution in [0.1, 0.15) is 26.7 Å². The zero-order valence-corrected chi connectivity index (χ0v) is 10.9. The maximum atomic E-state index is 12.2. The summed E-state index contributed by atoms with van der Waals surface area (Å²) < 4.78 is 5.58. The van der Waals surface area contributed by atoms with Gasteiger partial charge in [-0.2, -0.15) is 0 Å². The molecule has 0 saturated carbocycles. The van der Waals surface area contributed by atoms with Gasteiger partial charge in [0.15, 0.2) is 0 Å². The molecule has 0 aromatic rings. The van der Waals surface area contributed by atoms with Gasteiger partial charge in [-0.1, -0.05) is 13.8 Å². The number of morpholine rings is 1. The van der Waals surface area contributed by atoms with Crippen molar-refractivity contribution in [1.82, 2.24) is 10.2 Å². The molecule has 17 heavy (non-hydrogen) atoms. The van der Waals surface area contributed by atoms with Gasteiger partial charge in [-0.25, -0.2) is 0 Å². The molecule has 2 aliphatic heterocycles.